The summed E-state index contributed by atoms with van der Waals surface area (Å²) < 4.78 is 23.6. The highest BCUT2D eigenvalue weighted by Gasteiger charge is 2.57. The maximum Gasteiger partial charge on any atom is 0.153 e. The first-order valence-corrected chi connectivity index (χ1v) is 7.20. The lowest BCUT2D eigenvalue weighted by Crippen LogP contribution is -2.33. The molecule has 1 N–H and O–H groups in total. The van der Waals surface area contributed by atoms with Crippen molar-refractivity contribution in [2.24, 2.45) is 11.8 Å². The monoisotopic (exact) mass is 230 g/mol. The summed E-state index contributed by atoms with van der Waals surface area (Å²) >= 11 is 0. The van der Waals surface area contributed by atoms with E-state index in [0.717, 1.165) is 0 Å². The van der Waals surface area contributed by atoms with Crippen molar-refractivity contribution in [3.63, 3.8) is 0 Å². The molecule has 0 aromatic rings. The van der Waals surface area contributed by atoms with Crippen molar-refractivity contribution in [3.8, 4) is 0 Å². The fourth-order valence-electron chi connectivity index (χ4n) is 3.39. The van der Waals surface area contributed by atoms with Gasteiger partial charge in [-0.15, -0.1) is 0 Å². The predicted molar refractivity (Wildman–Crippen MR) is 59.2 cm³/mol. The van der Waals surface area contributed by atoms with E-state index in [1.807, 2.05) is 19.9 Å². The van der Waals surface area contributed by atoms with Crippen LogP contribution < -0.4 is 0 Å². The number of hydrogen-bond donors (Lipinski definition) is 1. The highest BCUT2D eigenvalue weighted by molar-refractivity contribution is 7.92. The summed E-state index contributed by atoms with van der Waals surface area (Å²) in [7, 11) is -2.96. The molecule has 2 fully saturated rings. The molecule has 0 aromatic heterocycles. The van der Waals surface area contributed by atoms with Gasteiger partial charge >= 0.3 is 0 Å². The minimum Gasteiger partial charge on any atom is -0.385 e. The molecule has 86 valence electrons. The van der Waals surface area contributed by atoms with Crippen molar-refractivity contribution in [1.29, 1.82) is 0 Å². The zero-order valence-electron chi connectivity index (χ0n) is 9.18. The first-order chi connectivity index (χ1) is 6.91. The second-order valence-electron chi connectivity index (χ2n) is 4.90. The molecule has 1 aliphatic carbocycles. The van der Waals surface area contributed by atoms with Crippen LogP contribution in [0.3, 0.4) is 0 Å². The van der Waals surface area contributed by atoms with Crippen molar-refractivity contribution in [3.05, 3.63) is 12.2 Å². The second kappa shape index (κ2) is 3.32. The zero-order valence-corrected chi connectivity index (χ0v) is 10.00. The van der Waals surface area contributed by atoms with E-state index in [2.05, 4.69) is 0 Å². The highest BCUT2D eigenvalue weighted by Crippen LogP contribution is 2.49. The number of allylic oxidation sites excluding steroid dienone is 1. The fourth-order valence-corrected chi connectivity index (χ4v) is 5.92. The molecule has 0 amide bonds. The van der Waals surface area contributed by atoms with Crippen LogP contribution in [0.15, 0.2) is 12.2 Å². The van der Waals surface area contributed by atoms with Gasteiger partial charge in [0.05, 0.1) is 16.6 Å². The Bertz CT molecular complexity index is 385. The van der Waals surface area contributed by atoms with Crippen molar-refractivity contribution in [2.75, 3.05) is 5.75 Å². The highest BCUT2D eigenvalue weighted by atomic mass is 32.2. The third-order valence-electron chi connectivity index (χ3n) is 3.83. The molecule has 2 aliphatic rings. The zero-order chi connectivity index (χ0) is 11.3. The molecule has 15 heavy (non-hydrogen) atoms. The van der Waals surface area contributed by atoms with Crippen LogP contribution in [-0.4, -0.2) is 30.1 Å². The number of aliphatic hydroxyl groups is 1. The molecule has 0 spiro atoms. The first-order valence-electron chi connectivity index (χ1n) is 5.48. The van der Waals surface area contributed by atoms with E-state index in [4.69, 9.17) is 0 Å². The minimum absolute atomic E-state index is 0.0729. The van der Waals surface area contributed by atoms with Gasteiger partial charge in [-0.2, -0.15) is 0 Å². The van der Waals surface area contributed by atoms with Gasteiger partial charge in [0, 0.05) is 5.92 Å². The average molecular weight is 230 g/mol. The number of hydrogen-bond acceptors (Lipinski definition) is 3. The largest absolute Gasteiger partial charge is 0.385 e. The number of rotatable bonds is 1. The first kappa shape index (κ1) is 11.1. The molecule has 4 atom stereocenters. The number of fused-ring (bicyclic) bond motifs is 1. The Hall–Kier alpha value is -0.350. The standard InChI is InChI=1S/C11H18O3S/c1-3-5-11(12)7-8(2)10-9(11)4-6-15(10,13)14/h3,5,8-10,12H,4,6-7H2,1-2H3/b5-3+/t8-,9+,10+,11-/m1/s1. The third kappa shape index (κ3) is 1.54. The molecular formula is C11H18O3S. The predicted octanol–water partition coefficient (Wildman–Crippen LogP) is 1.14. The molecule has 1 saturated carbocycles. The maximum atomic E-state index is 11.8. The van der Waals surface area contributed by atoms with Gasteiger partial charge in [0.2, 0.25) is 0 Å². The summed E-state index contributed by atoms with van der Waals surface area (Å²) in [5, 5.41) is 10.1. The van der Waals surface area contributed by atoms with Gasteiger partial charge in [-0.1, -0.05) is 19.1 Å². The van der Waals surface area contributed by atoms with E-state index in [1.54, 1.807) is 6.08 Å². The van der Waals surface area contributed by atoms with Crippen LogP contribution >= 0.6 is 0 Å². The van der Waals surface area contributed by atoms with Gasteiger partial charge in [0.15, 0.2) is 9.84 Å². The Morgan fingerprint density at radius 3 is 2.73 bits per heavy atom. The molecule has 0 unspecified atom stereocenters. The smallest absolute Gasteiger partial charge is 0.153 e. The van der Waals surface area contributed by atoms with Gasteiger partial charge in [0.25, 0.3) is 0 Å². The minimum atomic E-state index is -2.96. The fraction of sp³-hybridized carbons (Fsp3) is 0.818. The molecule has 0 radical (unpaired) electrons. The van der Waals surface area contributed by atoms with Crippen LogP contribution in [-0.2, 0) is 9.84 Å². The maximum absolute atomic E-state index is 11.8. The van der Waals surface area contributed by atoms with Crippen LogP contribution in [0.5, 0.6) is 0 Å². The van der Waals surface area contributed by atoms with Crippen molar-refractivity contribution in [2.45, 2.75) is 37.5 Å². The Morgan fingerprint density at radius 1 is 1.47 bits per heavy atom. The molecule has 1 saturated heterocycles. The van der Waals surface area contributed by atoms with E-state index in [0.29, 0.717) is 12.8 Å². The Labute approximate surface area is 91.1 Å². The van der Waals surface area contributed by atoms with E-state index in [-0.39, 0.29) is 22.8 Å². The molecule has 0 aromatic carbocycles. The summed E-state index contributed by atoms with van der Waals surface area (Å²) in [6.07, 6.45) is 4.78. The molecule has 1 heterocycles. The number of sulfone groups is 1. The van der Waals surface area contributed by atoms with E-state index in [9.17, 15) is 13.5 Å². The van der Waals surface area contributed by atoms with E-state index < -0.39 is 15.4 Å². The summed E-state index contributed by atoms with van der Waals surface area (Å²) in [6, 6.07) is 0. The van der Waals surface area contributed by atoms with Crippen LogP contribution in [0, 0.1) is 11.8 Å². The van der Waals surface area contributed by atoms with Gasteiger partial charge in [-0.25, -0.2) is 8.42 Å². The molecule has 3 nitrogen and oxygen atoms in total. The van der Waals surface area contributed by atoms with Crippen molar-refractivity contribution >= 4 is 9.84 Å². The molecule has 4 heteroatoms. The van der Waals surface area contributed by atoms with E-state index >= 15 is 0 Å². The summed E-state index contributed by atoms with van der Waals surface area (Å²) in [5.74, 6) is 0.226. The lowest BCUT2D eigenvalue weighted by Gasteiger charge is -2.24. The van der Waals surface area contributed by atoms with Crippen LogP contribution in [0.2, 0.25) is 0 Å². The Morgan fingerprint density at radius 2 is 2.13 bits per heavy atom. The van der Waals surface area contributed by atoms with Gasteiger partial charge < -0.3 is 5.11 Å². The van der Waals surface area contributed by atoms with Gasteiger partial charge in [0.1, 0.15) is 0 Å². The lowest BCUT2D eigenvalue weighted by atomic mass is 9.88. The molecule has 0 bridgehead atoms. The summed E-state index contributed by atoms with van der Waals surface area (Å²) in [6.45, 7) is 3.79. The third-order valence-corrected chi connectivity index (χ3v) is 6.26. The summed E-state index contributed by atoms with van der Waals surface area (Å²) in [4.78, 5) is 0. The second-order valence-corrected chi connectivity index (χ2v) is 7.18. The summed E-state index contributed by atoms with van der Waals surface area (Å²) in [5.41, 5.74) is -0.887. The SMILES string of the molecule is C/C=C/[C@@]1(O)C[C@@H](C)[C@H]2[C@@H]1CCS2(=O)=O. The molecule has 2 rings (SSSR count). The molecule has 1 aliphatic heterocycles. The molecular weight excluding hydrogens is 212 g/mol. The Kier molecular flexibility index (Phi) is 2.47. The topological polar surface area (TPSA) is 54.4 Å². The quantitative estimate of drug-likeness (QED) is 0.687. The van der Waals surface area contributed by atoms with Crippen LogP contribution in [0.25, 0.3) is 0 Å². The van der Waals surface area contributed by atoms with Crippen molar-refractivity contribution < 1.29 is 13.5 Å². The van der Waals surface area contributed by atoms with Gasteiger partial charge in [-0.05, 0) is 25.7 Å². The lowest BCUT2D eigenvalue weighted by molar-refractivity contribution is 0.0509. The van der Waals surface area contributed by atoms with Crippen LogP contribution in [0.1, 0.15) is 26.7 Å². The van der Waals surface area contributed by atoms with Crippen molar-refractivity contribution in [1.82, 2.24) is 0 Å². The van der Waals surface area contributed by atoms with Gasteiger partial charge in [-0.3, -0.25) is 0 Å². The van der Waals surface area contributed by atoms with E-state index in [1.165, 1.54) is 0 Å². The average Bonchev–Trinajstić information content (AvgIpc) is 2.53. The van der Waals surface area contributed by atoms with Crippen LogP contribution in [0.4, 0.5) is 0 Å². The normalized spacial score (nSPS) is 48.6. The Balaban J connectivity index is 2.39.